The van der Waals surface area contributed by atoms with E-state index in [0.717, 1.165) is 22.5 Å². The molecule has 0 heterocycles. The van der Waals surface area contributed by atoms with Gasteiger partial charge in [0.2, 0.25) is 0 Å². The standard InChI is InChI=1S/C30H23ClF6N2O4S/c1-17(39(25-15-19(32)9-12-23(25)33)44(41,42)20-10-7-18(31)8-11-20)21-5-2-3-6-26(21)43-14-4-13-38-30(40)22-16-24(34)28(36)29(37)27(22)35/h2-3,5-12,15-17H,4,13-14H2,1H3,(H,38,40). The maximum absolute atomic E-state index is 15.0. The summed E-state index contributed by atoms with van der Waals surface area (Å²) in [5, 5.41) is 2.50. The molecular formula is C30H23ClF6N2O4S. The van der Waals surface area contributed by atoms with Crippen molar-refractivity contribution in [1.29, 1.82) is 0 Å². The number of hydrogen-bond acceptors (Lipinski definition) is 4. The fourth-order valence-corrected chi connectivity index (χ4v) is 6.06. The third-order valence-electron chi connectivity index (χ3n) is 6.45. The highest BCUT2D eigenvalue weighted by atomic mass is 35.5. The Morgan fingerprint density at radius 2 is 1.57 bits per heavy atom. The maximum atomic E-state index is 15.0. The summed E-state index contributed by atoms with van der Waals surface area (Å²) in [7, 11) is -4.49. The molecule has 232 valence electrons. The number of halogens is 7. The number of ether oxygens (including phenoxy) is 1. The van der Waals surface area contributed by atoms with Crippen LogP contribution in [0.25, 0.3) is 0 Å². The van der Waals surface area contributed by atoms with E-state index in [4.69, 9.17) is 16.3 Å². The molecule has 44 heavy (non-hydrogen) atoms. The van der Waals surface area contributed by atoms with E-state index in [-0.39, 0.29) is 46.9 Å². The Morgan fingerprint density at radius 1 is 0.886 bits per heavy atom. The highest BCUT2D eigenvalue weighted by Crippen LogP contribution is 2.38. The lowest BCUT2D eigenvalue weighted by Crippen LogP contribution is -2.34. The minimum Gasteiger partial charge on any atom is -0.493 e. The minimum atomic E-state index is -4.49. The van der Waals surface area contributed by atoms with Crippen LogP contribution in [-0.2, 0) is 10.0 Å². The first-order valence-corrected chi connectivity index (χ1v) is 14.7. The lowest BCUT2D eigenvalue weighted by atomic mass is 10.1. The van der Waals surface area contributed by atoms with Crippen molar-refractivity contribution < 1.29 is 44.3 Å². The number of amides is 1. The van der Waals surface area contributed by atoms with Crippen LogP contribution >= 0.6 is 11.6 Å². The van der Waals surface area contributed by atoms with Crippen LogP contribution in [0.15, 0.2) is 77.7 Å². The highest BCUT2D eigenvalue weighted by molar-refractivity contribution is 7.92. The number of hydrogen-bond donors (Lipinski definition) is 1. The van der Waals surface area contributed by atoms with Gasteiger partial charge in [-0.05, 0) is 61.9 Å². The number of benzene rings is 4. The average molecular weight is 657 g/mol. The third-order valence-corrected chi connectivity index (χ3v) is 8.60. The fourth-order valence-electron chi connectivity index (χ4n) is 4.29. The smallest absolute Gasteiger partial charge is 0.264 e. The molecule has 1 N–H and O–H groups in total. The van der Waals surface area contributed by atoms with Crippen molar-refractivity contribution in [3.8, 4) is 5.75 Å². The molecule has 1 unspecified atom stereocenters. The van der Waals surface area contributed by atoms with Gasteiger partial charge < -0.3 is 10.1 Å². The molecule has 0 bridgehead atoms. The second-order valence-electron chi connectivity index (χ2n) is 9.37. The van der Waals surface area contributed by atoms with Crippen LogP contribution < -0.4 is 14.4 Å². The molecule has 0 radical (unpaired) electrons. The van der Waals surface area contributed by atoms with Crippen LogP contribution in [-0.4, -0.2) is 27.5 Å². The van der Waals surface area contributed by atoms with Crippen molar-refractivity contribution in [2.45, 2.75) is 24.3 Å². The highest BCUT2D eigenvalue weighted by Gasteiger charge is 2.34. The Bertz CT molecular complexity index is 1790. The van der Waals surface area contributed by atoms with E-state index >= 15 is 4.39 Å². The fraction of sp³-hybridized carbons (Fsp3) is 0.167. The van der Waals surface area contributed by atoms with Gasteiger partial charge in [0.05, 0.1) is 28.8 Å². The first kappa shape index (κ1) is 32.7. The molecule has 4 rings (SSSR count). The Morgan fingerprint density at radius 3 is 2.27 bits per heavy atom. The average Bonchev–Trinajstić information content (AvgIpc) is 2.99. The number of carbonyl (C=O) groups is 1. The van der Waals surface area contributed by atoms with E-state index in [1.807, 2.05) is 0 Å². The second kappa shape index (κ2) is 13.6. The predicted octanol–water partition coefficient (Wildman–Crippen LogP) is 7.33. The molecule has 1 amide bonds. The number of nitrogens with zero attached hydrogens (tertiary/aromatic N) is 1. The van der Waals surface area contributed by atoms with Gasteiger partial charge in [0.15, 0.2) is 23.3 Å². The summed E-state index contributed by atoms with van der Waals surface area (Å²) in [5.41, 5.74) is -1.30. The van der Waals surface area contributed by atoms with E-state index in [1.165, 1.54) is 43.3 Å². The van der Waals surface area contributed by atoms with Gasteiger partial charge in [-0.1, -0.05) is 29.8 Å². The number of rotatable bonds is 11. The zero-order chi connectivity index (χ0) is 32.2. The van der Waals surface area contributed by atoms with Crippen molar-refractivity contribution in [2.24, 2.45) is 0 Å². The number of nitrogens with one attached hydrogen (secondary N) is 1. The molecule has 4 aromatic carbocycles. The molecule has 14 heteroatoms. The zero-order valence-electron chi connectivity index (χ0n) is 22.8. The van der Waals surface area contributed by atoms with E-state index in [0.29, 0.717) is 0 Å². The van der Waals surface area contributed by atoms with Gasteiger partial charge >= 0.3 is 0 Å². The van der Waals surface area contributed by atoms with Crippen molar-refractivity contribution in [3.05, 3.63) is 124 Å². The normalized spacial score (nSPS) is 12.1. The first-order valence-electron chi connectivity index (χ1n) is 12.9. The van der Waals surface area contributed by atoms with Gasteiger partial charge in [-0.2, -0.15) is 0 Å². The number of para-hydroxylation sites is 1. The molecule has 1 atom stereocenters. The zero-order valence-corrected chi connectivity index (χ0v) is 24.3. The summed E-state index contributed by atoms with van der Waals surface area (Å²) in [6.07, 6.45) is 0.0908. The molecule has 0 aliphatic rings. The number of anilines is 1. The molecule has 0 saturated heterocycles. The number of sulfonamides is 1. The van der Waals surface area contributed by atoms with Gasteiger partial charge in [-0.3, -0.25) is 9.10 Å². The SMILES string of the molecule is CC(c1ccccc1OCCCNC(=O)c1cc(F)c(F)c(F)c1F)N(c1cc(F)ccc1F)S(=O)(=O)c1ccc(Cl)cc1. The van der Waals surface area contributed by atoms with Crippen molar-refractivity contribution in [2.75, 3.05) is 17.5 Å². The Balaban J connectivity index is 1.54. The minimum absolute atomic E-state index is 0.0864. The summed E-state index contributed by atoms with van der Waals surface area (Å²) in [5.74, 6) is -10.6. The molecule has 4 aromatic rings. The molecule has 0 spiro atoms. The largest absolute Gasteiger partial charge is 0.493 e. The van der Waals surface area contributed by atoms with Gasteiger partial charge in [0.1, 0.15) is 17.4 Å². The van der Waals surface area contributed by atoms with Crippen LogP contribution in [0.4, 0.5) is 32.0 Å². The quantitative estimate of drug-likeness (QED) is 0.0794. The maximum Gasteiger partial charge on any atom is 0.264 e. The van der Waals surface area contributed by atoms with E-state index in [9.17, 15) is 35.2 Å². The van der Waals surface area contributed by atoms with E-state index < -0.39 is 68.1 Å². The summed E-state index contributed by atoms with van der Waals surface area (Å²) in [4.78, 5) is 11.9. The van der Waals surface area contributed by atoms with Crippen LogP contribution in [0.2, 0.25) is 5.02 Å². The number of carbonyl (C=O) groups excluding carboxylic acids is 1. The van der Waals surface area contributed by atoms with Crippen LogP contribution in [0.5, 0.6) is 5.75 Å². The van der Waals surface area contributed by atoms with E-state index in [2.05, 4.69) is 5.32 Å². The molecular weight excluding hydrogens is 634 g/mol. The molecule has 0 aliphatic heterocycles. The van der Waals surface area contributed by atoms with Crippen molar-refractivity contribution in [1.82, 2.24) is 5.32 Å². The summed E-state index contributed by atoms with van der Waals surface area (Å²) in [6.45, 7) is 1.22. The molecule has 0 saturated carbocycles. The Kier molecular flexibility index (Phi) is 10.1. The lowest BCUT2D eigenvalue weighted by Gasteiger charge is -2.32. The van der Waals surface area contributed by atoms with Crippen LogP contribution in [0.3, 0.4) is 0 Å². The van der Waals surface area contributed by atoms with Gasteiger partial charge in [-0.15, -0.1) is 0 Å². The monoisotopic (exact) mass is 656 g/mol. The molecule has 6 nitrogen and oxygen atoms in total. The van der Waals surface area contributed by atoms with Gasteiger partial charge in [0.25, 0.3) is 15.9 Å². The lowest BCUT2D eigenvalue weighted by molar-refractivity contribution is 0.0945. The van der Waals surface area contributed by atoms with Gasteiger partial charge in [0, 0.05) is 23.2 Å². The summed E-state index contributed by atoms with van der Waals surface area (Å²) >= 11 is 5.91. The first-order chi connectivity index (χ1) is 20.8. The second-order valence-corrected chi connectivity index (χ2v) is 11.6. The Hall–Kier alpha value is -4.23. The van der Waals surface area contributed by atoms with Crippen molar-refractivity contribution >= 4 is 33.2 Å². The third kappa shape index (κ3) is 6.94. The Labute approximate surface area is 253 Å². The molecule has 0 aromatic heterocycles. The summed E-state index contributed by atoms with van der Waals surface area (Å²) < 4.78 is 117. The van der Waals surface area contributed by atoms with Crippen LogP contribution in [0.1, 0.15) is 35.3 Å². The van der Waals surface area contributed by atoms with E-state index in [1.54, 1.807) is 12.1 Å². The van der Waals surface area contributed by atoms with Crippen molar-refractivity contribution in [3.63, 3.8) is 0 Å². The summed E-state index contributed by atoms with van der Waals surface area (Å²) in [6, 6.07) is 12.9. The van der Waals surface area contributed by atoms with Gasteiger partial charge in [-0.25, -0.2) is 34.8 Å². The topological polar surface area (TPSA) is 75.7 Å². The molecule has 0 fully saturated rings. The van der Waals surface area contributed by atoms with Crippen LogP contribution in [0, 0.1) is 34.9 Å². The molecule has 0 aliphatic carbocycles. The predicted molar refractivity (Wildman–Crippen MR) is 151 cm³/mol.